The Kier molecular flexibility index (Phi) is 5.25. The lowest BCUT2D eigenvalue weighted by Gasteiger charge is -2.26. The van der Waals surface area contributed by atoms with E-state index in [0.717, 1.165) is 5.69 Å². The molecule has 7 nitrogen and oxygen atoms in total. The quantitative estimate of drug-likeness (QED) is 0.783. The van der Waals surface area contributed by atoms with Crippen LogP contribution in [0.3, 0.4) is 0 Å². The van der Waals surface area contributed by atoms with Crippen molar-refractivity contribution in [2.45, 2.75) is 6.92 Å². The van der Waals surface area contributed by atoms with E-state index in [1.807, 2.05) is 6.92 Å². The first kappa shape index (κ1) is 14.7. The predicted molar refractivity (Wildman–Crippen MR) is 73.9 cm³/mol. The number of anilines is 1. The number of rotatable bonds is 5. The van der Waals surface area contributed by atoms with Crippen molar-refractivity contribution in [1.29, 1.82) is 0 Å². The van der Waals surface area contributed by atoms with E-state index in [1.54, 1.807) is 18.1 Å². The number of hydrogen-bond acceptors (Lipinski definition) is 6. The smallest absolute Gasteiger partial charge is 0.272 e. The molecule has 1 aromatic rings. The van der Waals surface area contributed by atoms with Crippen LogP contribution in [0.15, 0.2) is 6.07 Å². The first-order valence-corrected chi connectivity index (χ1v) is 6.66. The molecule has 0 radical (unpaired) electrons. The zero-order valence-corrected chi connectivity index (χ0v) is 11.9. The van der Waals surface area contributed by atoms with E-state index >= 15 is 0 Å². The van der Waals surface area contributed by atoms with Gasteiger partial charge in [0, 0.05) is 32.4 Å². The number of nitrogens with zero attached hydrogens (tertiary/aromatic N) is 3. The van der Waals surface area contributed by atoms with Gasteiger partial charge in [-0.1, -0.05) is 0 Å². The van der Waals surface area contributed by atoms with Gasteiger partial charge in [-0.25, -0.2) is 9.97 Å². The molecule has 1 saturated heterocycles. The molecule has 110 valence electrons. The van der Waals surface area contributed by atoms with Crippen LogP contribution in [0, 0.1) is 6.92 Å². The van der Waals surface area contributed by atoms with Gasteiger partial charge in [-0.05, 0) is 13.0 Å². The highest BCUT2D eigenvalue weighted by molar-refractivity contribution is 5.92. The van der Waals surface area contributed by atoms with Gasteiger partial charge in [0.05, 0.1) is 19.8 Å². The number of ether oxygens (including phenoxy) is 2. The summed E-state index contributed by atoms with van der Waals surface area (Å²) in [5.41, 5.74) is 1.18. The van der Waals surface area contributed by atoms with Crippen molar-refractivity contribution in [3.8, 4) is 0 Å². The zero-order chi connectivity index (χ0) is 14.4. The highest BCUT2D eigenvalue weighted by Crippen LogP contribution is 2.09. The third-order valence-corrected chi connectivity index (χ3v) is 2.96. The normalized spacial score (nSPS) is 15.2. The average molecular weight is 280 g/mol. The fraction of sp³-hybridized carbons (Fsp3) is 0.615. The molecule has 1 N–H and O–H groups in total. The molecule has 0 atom stereocenters. The number of nitrogens with one attached hydrogen (secondary N) is 1. The highest BCUT2D eigenvalue weighted by atomic mass is 16.5. The largest absolute Gasteiger partial charge is 0.383 e. The van der Waals surface area contributed by atoms with Crippen molar-refractivity contribution >= 4 is 11.9 Å². The Labute approximate surface area is 118 Å². The second-order valence-corrected chi connectivity index (χ2v) is 4.54. The number of morpholine rings is 1. The second kappa shape index (κ2) is 7.16. The van der Waals surface area contributed by atoms with Crippen LogP contribution < -0.4 is 5.32 Å². The summed E-state index contributed by atoms with van der Waals surface area (Å²) in [4.78, 5) is 22.6. The Hall–Kier alpha value is -1.73. The molecule has 1 aliphatic heterocycles. The molecule has 1 aromatic heterocycles. The lowest BCUT2D eigenvalue weighted by Crippen LogP contribution is -2.41. The summed E-state index contributed by atoms with van der Waals surface area (Å²) in [6, 6.07) is 1.71. The van der Waals surface area contributed by atoms with Gasteiger partial charge in [0.25, 0.3) is 5.91 Å². The van der Waals surface area contributed by atoms with Gasteiger partial charge < -0.3 is 19.7 Å². The molecule has 1 amide bonds. The number of amides is 1. The second-order valence-electron chi connectivity index (χ2n) is 4.54. The van der Waals surface area contributed by atoms with E-state index in [0.29, 0.717) is 51.1 Å². The number of carbonyl (C=O) groups is 1. The van der Waals surface area contributed by atoms with Crippen LogP contribution in [-0.2, 0) is 9.47 Å². The lowest BCUT2D eigenvalue weighted by atomic mass is 10.3. The predicted octanol–water partition coefficient (Wildman–Crippen LogP) is 0.316. The van der Waals surface area contributed by atoms with Gasteiger partial charge in [0.1, 0.15) is 5.69 Å². The van der Waals surface area contributed by atoms with Gasteiger partial charge in [0.2, 0.25) is 5.95 Å². The van der Waals surface area contributed by atoms with Crippen molar-refractivity contribution in [2.75, 3.05) is 51.9 Å². The standard InChI is InChI=1S/C13H20N4O3/c1-10-9-11(12(18)17-4-7-20-8-5-17)16-13(15-10)14-3-6-19-2/h9H,3-8H2,1-2H3,(H,14,15,16). The Bertz CT molecular complexity index is 461. The van der Waals surface area contributed by atoms with E-state index in [-0.39, 0.29) is 5.91 Å². The summed E-state index contributed by atoms with van der Waals surface area (Å²) in [7, 11) is 1.63. The van der Waals surface area contributed by atoms with Crippen LogP contribution in [0.4, 0.5) is 5.95 Å². The van der Waals surface area contributed by atoms with Gasteiger partial charge in [-0.15, -0.1) is 0 Å². The van der Waals surface area contributed by atoms with Gasteiger partial charge in [-0.2, -0.15) is 0 Å². The van der Waals surface area contributed by atoms with Crippen LogP contribution in [0.5, 0.6) is 0 Å². The van der Waals surface area contributed by atoms with Crippen LogP contribution in [-0.4, -0.2) is 67.3 Å². The summed E-state index contributed by atoms with van der Waals surface area (Å²) in [6.45, 7) is 5.38. The summed E-state index contributed by atoms with van der Waals surface area (Å²) in [5.74, 6) is 0.382. The van der Waals surface area contributed by atoms with Gasteiger partial charge >= 0.3 is 0 Å². The van der Waals surface area contributed by atoms with Crippen molar-refractivity contribution in [3.63, 3.8) is 0 Å². The molecule has 7 heteroatoms. The molecule has 0 unspecified atom stereocenters. The first-order chi connectivity index (χ1) is 9.70. The fourth-order valence-electron chi connectivity index (χ4n) is 1.95. The van der Waals surface area contributed by atoms with E-state index in [9.17, 15) is 4.79 Å². The Morgan fingerprint density at radius 2 is 2.20 bits per heavy atom. The van der Waals surface area contributed by atoms with Gasteiger partial charge in [-0.3, -0.25) is 4.79 Å². The van der Waals surface area contributed by atoms with Crippen molar-refractivity contribution in [3.05, 3.63) is 17.5 Å². The van der Waals surface area contributed by atoms with Crippen molar-refractivity contribution < 1.29 is 14.3 Å². The maximum atomic E-state index is 12.4. The molecule has 0 aliphatic carbocycles. The van der Waals surface area contributed by atoms with Gasteiger partial charge in [0.15, 0.2) is 0 Å². The molecule has 20 heavy (non-hydrogen) atoms. The van der Waals surface area contributed by atoms with E-state index in [2.05, 4.69) is 15.3 Å². The third-order valence-electron chi connectivity index (χ3n) is 2.96. The Morgan fingerprint density at radius 1 is 1.45 bits per heavy atom. The van der Waals surface area contributed by atoms with Crippen molar-refractivity contribution in [2.24, 2.45) is 0 Å². The van der Waals surface area contributed by atoms with Crippen LogP contribution in [0.1, 0.15) is 16.2 Å². The third kappa shape index (κ3) is 3.88. The molecule has 2 heterocycles. The minimum atomic E-state index is -0.0754. The zero-order valence-electron chi connectivity index (χ0n) is 11.9. The van der Waals surface area contributed by atoms with Crippen LogP contribution in [0.25, 0.3) is 0 Å². The van der Waals surface area contributed by atoms with E-state index < -0.39 is 0 Å². The maximum absolute atomic E-state index is 12.4. The number of methoxy groups -OCH3 is 1. The molecule has 1 aliphatic rings. The molecule has 0 spiro atoms. The van der Waals surface area contributed by atoms with E-state index in [4.69, 9.17) is 9.47 Å². The summed E-state index contributed by atoms with van der Waals surface area (Å²) >= 11 is 0. The Balaban J connectivity index is 2.07. The number of aromatic nitrogens is 2. The fourth-order valence-corrected chi connectivity index (χ4v) is 1.95. The summed E-state index contributed by atoms with van der Waals surface area (Å²) in [5, 5.41) is 3.04. The minimum absolute atomic E-state index is 0.0754. The van der Waals surface area contributed by atoms with Crippen molar-refractivity contribution in [1.82, 2.24) is 14.9 Å². The molecule has 1 fully saturated rings. The highest BCUT2D eigenvalue weighted by Gasteiger charge is 2.20. The minimum Gasteiger partial charge on any atom is -0.383 e. The molecule has 0 bridgehead atoms. The topological polar surface area (TPSA) is 76.6 Å². The lowest BCUT2D eigenvalue weighted by molar-refractivity contribution is 0.0299. The molecule has 0 saturated carbocycles. The Morgan fingerprint density at radius 3 is 2.90 bits per heavy atom. The summed E-state index contributed by atoms with van der Waals surface area (Å²) < 4.78 is 10.2. The van der Waals surface area contributed by atoms with Crippen LogP contribution in [0.2, 0.25) is 0 Å². The number of hydrogen-bond donors (Lipinski definition) is 1. The molecule has 0 aromatic carbocycles. The number of aryl methyl sites for hydroxylation is 1. The SMILES string of the molecule is COCCNc1nc(C)cc(C(=O)N2CCOCC2)n1. The molecular formula is C13H20N4O3. The molecular weight excluding hydrogens is 260 g/mol. The van der Waals surface area contributed by atoms with E-state index in [1.165, 1.54) is 0 Å². The maximum Gasteiger partial charge on any atom is 0.272 e. The summed E-state index contributed by atoms with van der Waals surface area (Å²) in [6.07, 6.45) is 0. The van der Waals surface area contributed by atoms with Crippen LogP contribution >= 0.6 is 0 Å². The average Bonchev–Trinajstić information content (AvgIpc) is 2.47. The number of carbonyl (C=O) groups excluding carboxylic acids is 1. The molecule has 2 rings (SSSR count). The first-order valence-electron chi connectivity index (χ1n) is 6.66. The monoisotopic (exact) mass is 280 g/mol.